The van der Waals surface area contributed by atoms with E-state index in [4.69, 9.17) is 10.5 Å². The highest BCUT2D eigenvalue weighted by molar-refractivity contribution is 7.22. The van der Waals surface area contributed by atoms with Gasteiger partial charge in [-0.25, -0.2) is 4.98 Å². The van der Waals surface area contributed by atoms with E-state index in [0.717, 1.165) is 4.70 Å². The molecule has 124 valence electrons. The molecule has 3 N–H and O–H groups in total. The fourth-order valence-corrected chi connectivity index (χ4v) is 3.26. The molecule has 0 radical (unpaired) electrons. The lowest BCUT2D eigenvalue weighted by molar-refractivity contribution is 0.102. The van der Waals surface area contributed by atoms with Gasteiger partial charge in [-0.1, -0.05) is 37.3 Å². The maximum Gasteiger partial charge on any atom is 0.255 e. The number of aromatic nitrogens is 1. The smallest absolute Gasteiger partial charge is 0.255 e. The second-order valence-electron chi connectivity index (χ2n) is 5.81. The summed E-state index contributed by atoms with van der Waals surface area (Å²) in [6.07, 6.45) is 0. The number of nitrogens with zero attached hydrogens (tertiary/aromatic N) is 1. The molecule has 0 fully saturated rings. The summed E-state index contributed by atoms with van der Waals surface area (Å²) in [7, 11) is 1.57. The number of nitrogen functional groups attached to an aromatic ring is 1. The van der Waals surface area contributed by atoms with E-state index in [-0.39, 0.29) is 5.91 Å². The van der Waals surface area contributed by atoms with Crippen LogP contribution in [0, 0.1) is 0 Å². The van der Waals surface area contributed by atoms with Crippen LogP contribution in [0.4, 0.5) is 10.8 Å². The van der Waals surface area contributed by atoms with Crippen LogP contribution in [0.25, 0.3) is 10.2 Å². The quantitative estimate of drug-likeness (QED) is 0.743. The summed E-state index contributed by atoms with van der Waals surface area (Å²) in [6, 6.07) is 11.2. The van der Waals surface area contributed by atoms with E-state index < -0.39 is 0 Å². The van der Waals surface area contributed by atoms with E-state index in [9.17, 15) is 4.79 Å². The largest absolute Gasteiger partial charge is 0.494 e. The molecule has 3 aromatic rings. The molecule has 0 saturated heterocycles. The second kappa shape index (κ2) is 6.49. The van der Waals surface area contributed by atoms with Gasteiger partial charge in [-0.3, -0.25) is 4.79 Å². The zero-order valence-electron chi connectivity index (χ0n) is 13.8. The van der Waals surface area contributed by atoms with Gasteiger partial charge in [0, 0.05) is 17.3 Å². The highest BCUT2D eigenvalue weighted by atomic mass is 32.1. The minimum atomic E-state index is -0.163. The van der Waals surface area contributed by atoms with Crippen molar-refractivity contribution >= 4 is 38.3 Å². The topological polar surface area (TPSA) is 77.2 Å². The van der Waals surface area contributed by atoms with Crippen molar-refractivity contribution in [2.24, 2.45) is 0 Å². The Morgan fingerprint density at radius 1 is 1.25 bits per heavy atom. The summed E-state index contributed by atoms with van der Waals surface area (Å²) in [6.45, 7) is 4.24. The van der Waals surface area contributed by atoms with Gasteiger partial charge in [0.1, 0.15) is 11.3 Å². The fraction of sp³-hybridized carbons (Fsp3) is 0.222. The van der Waals surface area contributed by atoms with Crippen molar-refractivity contribution in [1.29, 1.82) is 0 Å². The Bertz CT molecular complexity index is 885. The van der Waals surface area contributed by atoms with Crippen molar-refractivity contribution < 1.29 is 9.53 Å². The first-order valence-corrected chi connectivity index (χ1v) is 8.45. The summed E-state index contributed by atoms with van der Waals surface area (Å²) >= 11 is 1.36. The van der Waals surface area contributed by atoms with E-state index >= 15 is 0 Å². The van der Waals surface area contributed by atoms with Crippen molar-refractivity contribution in [1.82, 2.24) is 4.98 Å². The van der Waals surface area contributed by atoms with Gasteiger partial charge in [0.15, 0.2) is 5.13 Å². The van der Waals surface area contributed by atoms with Gasteiger partial charge in [-0.2, -0.15) is 0 Å². The lowest BCUT2D eigenvalue weighted by Gasteiger charge is -2.09. The van der Waals surface area contributed by atoms with Gasteiger partial charge in [0.05, 0.1) is 11.8 Å². The number of carbonyl (C=O) groups is 1. The molecule has 5 nitrogen and oxygen atoms in total. The van der Waals surface area contributed by atoms with Crippen molar-refractivity contribution in [3.05, 3.63) is 47.5 Å². The van der Waals surface area contributed by atoms with Gasteiger partial charge < -0.3 is 15.8 Å². The number of hydrogen-bond acceptors (Lipinski definition) is 5. The van der Waals surface area contributed by atoms with Crippen LogP contribution in [-0.2, 0) is 0 Å². The molecule has 0 aliphatic rings. The van der Waals surface area contributed by atoms with Gasteiger partial charge in [-0.05, 0) is 29.7 Å². The summed E-state index contributed by atoms with van der Waals surface area (Å²) < 4.78 is 6.22. The number of anilines is 2. The summed E-state index contributed by atoms with van der Waals surface area (Å²) in [5.74, 6) is 0.862. The van der Waals surface area contributed by atoms with E-state index in [0.29, 0.717) is 33.6 Å². The van der Waals surface area contributed by atoms with E-state index in [1.54, 1.807) is 13.2 Å². The number of hydrogen-bond donors (Lipinski definition) is 2. The molecule has 0 spiro atoms. The lowest BCUT2D eigenvalue weighted by atomic mass is 10.0. The molecule has 1 heterocycles. The van der Waals surface area contributed by atoms with Gasteiger partial charge in [0.2, 0.25) is 0 Å². The van der Waals surface area contributed by atoms with Gasteiger partial charge in [-0.15, -0.1) is 0 Å². The zero-order chi connectivity index (χ0) is 17.3. The van der Waals surface area contributed by atoms with E-state index in [1.807, 2.05) is 30.3 Å². The Labute approximate surface area is 144 Å². The number of thiazole rings is 1. The number of rotatable bonds is 4. The summed E-state index contributed by atoms with van der Waals surface area (Å²) in [5.41, 5.74) is 8.94. The number of nitrogens with two attached hydrogens (primary N) is 1. The number of fused-ring (bicyclic) bond motifs is 1. The zero-order valence-corrected chi connectivity index (χ0v) is 14.6. The first-order valence-electron chi connectivity index (χ1n) is 7.63. The number of carbonyl (C=O) groups excluding carboxylic acids is 1. The molecular formula is C18H19N3O2S. The lowest BCUT2D eigenvalue weighted by Crippen LogP contribution is -2.12. The third kappa shape index (κ3) is 3.19. The molecule has 0 unspecified atom stereocenters. The van der Waals surface area contributed by atoms with Crippen molar-refractivity contribution in [2.75, 3.05) is 18.2 Å². The van der Waals surface area contributed by atoms with Crippen molar-refractivity contribution in [3.8, 4) is 5.75 Å². The molecule has 0 saturated carbocycles. The fourth-order valence-electron chi connectivity index (χ4n) is 2.47. The maximum absolute atomic E-state index is 12.4. The van der Waals surface area contributed by atoms with Gasteiger partial charge >= 0.3 is 0 Å². The third-order valence-electron chi connectivity index (χ3n) is 3.79. The number of benzene rings is 2. The third-order valence-corrected chi connectivity index (χ3v) is 4.63. The molecule has 0 aliphatic heterocycles. The standard InChI is InChI=1S/C18H19N3O2S/c1-10(2)11-4-6-12(7-5-11)17(22)20-13-8-14(23-3)16-15(9-13)24-18(19)21-16/h4-10H,1-3H3,(H2,19,21)(H,20,22). The highest BCUT2D eigenvalue weighted by Gasteiger charge is 2.12. The SMILES string of the molecule is COc1cc(NC(=O)c2ccc(C(C)C)cc2)cc2sc(N)nc12. The molecule has 3 rings (SSSR count). The highest BCUT2D eigenvalue weighted by Crippen LogP contribution is 2.34. The molecule has 24 heavy (non-hydrogen) atoms. The Morgan fingerprint density at radius 2 is 1.96 bits per heavy atom. The Morgan fingerprint density at radius 3 is 2.58 bits per heavy atom. The minimum absolute atomic E-state index is 0.163. The van der Waals surface area contributed by atoms with E-state index in [2.05, 4.69) is 24.1 Å². The van der Waals surface area contributed by atoms with Crippen LogP contribution in [0.15, 0.2) is 36.4 Å². The van der Waals surface area contributed by atoms with Crippen LogP contribution >= 0.6 is 11.3 Å². The van der Waals surface area contributed by atoms with Gasteiger partial charge in [0.25, 0.3) is 5.91 Å². The van der Waals surface area contributed by atoms with Crippen LogP contribution < -0.4 is 15.8 Å². The van der Waals surface area contributed by atoms with Crippen LogP contribution in [0.2, 0.25) is 0 Å². The van der Waals surface area contributed by atoms with Crippen LogP contribution in [-0.4, -0.2) is 18.0 Å². The molecule has 1 aromatic heterocycles. The van der Waals surface area contributed by atoms with Crippen molar-refractivity contribution in [2.45, 2.75) is 19.8 Å². The number of methoxy groups -OCH3 is 1. The van der Waals surface area contributed by atoms with Crippen LogP contribution in [0.1, 0.15) is 35.7 Å². The molecule has 2 aromatic carbocycles. The average Bonchev–Trinajstić information content (AvgIpc) is 2.94. The van der Waals surface area contributed by atoms with Crippen LogP contribution in [0.5, 0.6) is 5.75 Å². The van der Waals surface area contributed by atoms with Crippen molar-refractivity contribution in [3.63, 3.8) is 0 Å². The molecular weight excluding hydrogens is 322 g/mol. The first-order chi connectivity index (χ1) is 11.5. The molecule has 6 heteroatoms. The molecule has 1 amide bonds. The summed E-state index contributed by atoms with van der Waals surface area (Å²) in [5, 5.41) is 3.37. The Balaban J connectivity index is 1.87. The minimum Gasteiger partial charge on any atom is -0.494 e. The number of amides is 1. The maximum atomic E-state index is 12.4. The molecule has 0 bridgehead atoms. The number of nitrogens with one attached hydrogen (secondary N) is 1. The monoisotopic (exact) mass is 341 g/mol. The van der Waals surface area contributed by atoms with E-state index in [1.165, 1.54) is 16.9 Å². The van der Waals surface area contributed by atoms with Crippen LogP contribution in [0.3, 0.4) is 0 Å². The average molecular weight is 341 g/mol. The Kier molecular flexibility index (Phi) is 4.40. The first kappa shape index (κ1) is 16.3. The predicted octanol–water partition coefficient (Wildman–Crippen LogP) is 4.26. The normalized spacial score (nSPS) is 11.0. The second-order valence-corrected chi connectivity index (χ2v) is 6.87. The predicted molar refractivity (Wildman–Crippen MR) is 99.1 cm³/mol. The Hall–Kier alpha value is -2.60. The number of ether oxygens (including phenoxy) is 1. The molecule has 0 atom stereocenters. The molecule has 0 aliphatic carbocycles. The summed E-state index contributed by atoms with van der Waals surface area (Å²) in [4.78, 5) is 16.7.